The molecule has 0 saturated carbocycles. The third kappa shape index (κ3) is 1.82. The topological polar surface area (TPSA) is 43.1 Å². The van der Waals surface area contributed by atoms with E-state index in [-0.39, 0.29) is 5.43 Å². The van der Waals surface area contributed by atoms with Crippen LogP contribution in [0.5, 0.6) is 0 Å². The molecule has 0 aliphatic rings. The van der Waals surface area contributed by atoms with Gasteiger partial charge in [0.1, 0.15) is 11.8 Å². The monoisotopic (exact) mass is 273 g/mol. The van der Waals surface area contributed by atoms with Crippen molar-refractivity contribution in [3.05, 3.63) is 77.3 Å². The molecule has 0 radical (unpaired) electrons. The minimum atomic E-state index is -0.0493. The summed E-state index contributed by atoms with van der Waals surface area (Å²) >= 11 is 0. The average Bonchev–Trinajstić information content (AvgIpc) is 2.55. The molecule has 2 aromatic carbocycles. The van der Waals surface area contributed by atoms with E-state index in [9.17, 15) is 4.79 Å². The number of aromatic nitrogens is 1. The van der Waals surface area contributed by atoms with Gasteiger partial charge in [-0.05, 0) is 29.0 Å². The quantitative estimate of drug-likeness (QED) is 0.492. The summed E-state index contributed by atoms with van der Waals surface area (Å²) in [4.78, 5) is 17.1. The van der Waals surface area contributed by atoms with Gasteiger partial charge in [-0.2, -0.15) is 0 Å². The molecule has 0 aliphatic carbocycles. The normalized spacial score (nSPS) is 11.0. The number of hydrogen-bond donors (Lipinski definition) is 0. The number of nitrogens with zero attached hydrogens (tertiary/aromatic N) is 1. The van der Waals surface area contributed by atoms with Gasteiger partial charge >= 0.3 is 0 Å². The molecule has 0 aliphatic heterocycles. The fraction of sp³-hybridized carbons (Fsp3) is 0. The zero-order chi connectivity index (χ0) is 14.2. The molecular weight excluding hydrogens is 262 g/mol. The smallest absolute Gasteiger partial charge is 0.202 e. The molecule has 4 rings (SSSR count). The highest BCUT2D eigenvalue weighted by Crippen LogP contribution is 2.25. The Bertz CT molecular complexity index is 1000. The van der Waals surface area contributed by atoms with Crippen molar-refractivity contribution in [1.29, 1.82) is 0 Å². The minimum Gasteiger partial charge on any atom is -0.463 e. The molecular formula is C18H11NO2. The molecule has 21 heavy (non-hydrogen) atoms. The Morgan fingerprint density at radius 3 is 2.62 bits per heavy atom. The van der Waals surface area contributed by atoms with E-state index < -0.39 is 0 Å². The molecule has 3 nitrogen and oxygen atoms in total. The van der Waals surface area contributed by atoms with E-state index in [0.29, 0.717) is 22.2 Å². The van der Waals surface area contributed by atoms with Crippen LogP contribution in [0.25, 0.3) is 33.0 Å². The average molecular weight is 273 g/mol. The molecule has 0 fully saturated rings. The number of rotatable bonds is 1. The maximum atomic E-state index is 12.8. The van der Waals surface area contributed by atoms with Crippen LogP contribution in [0, 0.1) is 0 Å². The molecule has 0 N–H and O–H groups in total. The minimum absolute atomic E-state index is 0.0493. The maximum absolute atomic E-state index is 12.8. The third-order valence-corrected chi connectivity index (χ3v) is 3.61. The Kier molecular flexibility index (Phi) is 2.57. The molecule has 2 heterocycles. The Balaban J connectivity index is 2.15. The zero-order valence-corrected chi connectivity index (χ0v) is 11.1. The van der Waals surface area contributed by atoms with Gasteiger partial charge in [-0.15, -0.1) is 0 Å². The van der Waals surface area contributed by atoms with Gasteiger partial charge in [0.15, 0.2) is 0 Å². The van der Waals surface area contributed by atoms with Crippen LogP contribution in [0.4, 0.5) is 0 Å². The van der Waals surface area contributed by atoms with Crippen LogP contribution in [0.15, 0.2) is 76.3 Å². The van der Waals surface area contributed by atoms with Crippen molar-refractivity contribution in [3.8, 4) is 11.3 Å². The molecule has 0 unspecified atom stereocenters. The van der Waals surface area contributed by atoms with Crippen LogP contribution in [0.3, 0.4) is 0 Å². The number of fused-ring (bicyclic) bond motifs is 3. The lowest BCUT2D eigenvalue weighted by Crippen LogP contribution is -2.06. The van der Waals surface area contributed by atoms with Crippen molar-refractivity contribution >= 4 is 21.7 Å². The van der Waals surface area contributed by atoms with E-state index in [0.717, 1.165) is 10.8 Å². The summed E-state index contributed by atoms with van der Waals surface area (Å²) in [5.74, 6) is 0. The second-order valence-electron chi connectivity index (χ2n) is 4.85. The Hall–Kier alpha value is -2.94. The summed E-state index contributed by atoms with van der Waals surface area (Å²) < 4.78 is 5.65. The molecule has 100 valence electrons. The van der Waals surface area contributed by atoms with Gasteiger partial charge in [-0.3, -0.25) is 9.78 Å². The molecule has 0 atom stereocenters. The fourth-order valence-electron chi connectivity index (χ4n) is 2.59. The first-order chi connectivity index (χ1) is 10.3. The van der Waals surface area contributed by atoms with Gasteiger partial charge in [0, 0.05) is 6.20 Å². The van der Waals surface area contributed by atoms with E-state index in [4.69, 9.17) is 4.42 Å². The molecule has 2 aromatic heterocycles. The fourth-order valence-corrected chi connectivity index (χ4v) is 2.59. The van der Waals surface area contributed by atoms with Crippen LogP contribution in [0.1, 0.15) is 0 Å². The predicted molar refractivity (Wildman–Crippen MR) is 83.2 cm³/mol. The Labute approximate surface area is 120 Å². The lowest BCUT2D eigenvalue weighted by molar-refractivity contribution is 0.605. The van der Waals surface area contributed by atoms with Crippen molar-refractivity contribution in [3.63, 3.8) is 0 Å². The largest absolute Gasteiger partial charge is 0.463 e. The van der Waals surface area contributed by atoms with Crippen LogP contribution >= 0.6 is 0 Å². The maximum Gasteiger partial charge on any atom is 0.202 e. The molecule has 3 heteroatoms. The molecule has 0 bridgehead atoms. The van der Waals surface area contributed by atoms with Crippen molar-refractivity contribution in [1.82, 2.24) is 4.98 Å². The van der Waals surface area contributed by atoms with E-state index in [1.165, 1.54) is 6.26 Å². The van der Waals surface area contributed by atoms with E-state index in [1.54, 1.807) is 6.20 Å². The van der Waals surface area contributed by atoms with Crippen LogP contribution < -0.4 is 5.43 Å². The van der Waals surface area contributed by atoms with Crippen molar-refractivity contribution < 1.29 is 4.42 Å². The lowest BCUT2D eigenvalue weighted by Gasteiger charge is -2.05. The SMILES string of the molecule is O=c1c(-c2ccccn2)coc2ccc3ccccc3c12. The number of hydrogen-bond acceptors (Lipinski definition) is 3. The summed E-state index contributed by atoms with van der Waals surface area (Å²) in [7, 11) is 0. The number of benzene rings is 2. The van der Waals surface area contributed by atoms with Gasteiger partial charge in [0.25, 0.3) is 0 Å². The van der Waals surface area contributed by atoms with Gasteiger partial charge in [-0.1, -0.05) is 36.4 Å². The Morgan fingerprint density at radius 1 is 0.905 bits per heavy atom. The van der Waals surface area contributed by atoms with Crippen molar-refractivity contribution in [2.75, 3.05) is 0 Å². The third-order valence-electron chi connectivity index (χ3n) is 3.61. The summed E-state index contributed by atoms with van der Waals surface area (Å²) in [5, 5.41) is 2.54. The highest BCUT2D eigenvalue weighted by Gasteiger charge is 2.12. The number of pyridine rings is 1. The summed E-state index contributed by atoms with van der Waals surface area (Å²) in [6.45, 7) is 0. The molecule has 0 saturated heterocycles. The molecule has 4 aromatic rings. The van der Waals surface area contributed by atoms with Gasteiger partial charge in [0.05, 0.1) is 16.6 Å². The zero-order valence-electron chi connectivity index (χ0n) is 11.1. The summed E-state index contributed by atoms with van der Waals surface area (Å²) in [6, 6.07) is 17.1. The van der Waals surface area contributed by atoms with Crippen molar-refractivity contribution in [2.45, 2.75) is 0 Å². The van der Waals surface area contributed by atoms with Crippen LogP contribution in [-0.2, 0) is 0 Å². The van der Waals surface area contributed by atoms with Gasteiger partial charge < -0.3 is 4.42 Å². The Morgan fingerprint density at radius 2 is 1.76 bits per heavy atom. The molecule has 0 amide bonds. The first-order valence-electron chi connectivity index (χ1n) is 6.69. The van der Waals surface area contributed by atoms with Crippen LogP contribution in [-0.4, -0.2) is 4.98 Å². The summed E-state index contributed by atoms with van der Waals surface area (Å²) in [6.07, 6.45) is 3.16. The lowest BCUT2D eigenvalue weighted by atomic mass is 10.0. The summed E-state index contributed by atoms with van der Waals surface area (Å²) in [5.41, 5.74) is 1.66. The van der Waals surface area contributed by atoms with E-state index in [2.05, 4.69) is 4.98 Å². The van der Waals surface area contributed by atoms with E-state index >= 15 is 0 Å². The highest BCUT2D eigenvalue weighted by atomic mass is 16.3. The van der Waals surface area contributed by atoms with Crippen LogP contribution in [0.2, 0.25) is 0 Å². The molecule has 0 spiro atoms. The predicted octanol–water partition coefficient (Wildman–Crippen LogP) is 4.01. The second-order valence-corrected chi connectivity index (χ2v) is 4.85. The van der Waals surface area contributed by atoms with Gasteiger partial charge in [-0.25, -0.2) is 0 Å². The highest BCUT2D eigenvalue weighted by molar-refractivity contribution is 6.06. The first kappa shape index (κ1) is 11.9. The van der Waals surface area contributed by atoms with Crippen molar-refractivity contribution in [2.24, 2.45) is 0 Å². The second kappa shape index (κ2) is 4.56. The standard InChI is InChI=1S/C18H11NO2/c20-18-14(15-7-3-4-10-19-15)11-21-16-9-8-12-5-1-2-6-13(12)17(16)18/h1-11H. The first-order valence-corrected chi connectivity index (χ1v) is 6.69. The van der Waals surface area contributed by atoms with E-state index in [1.807, 2.05) is 54.6 Å². The van der Waals surface area contributed by atoms with Gasteiger partial charge in [0.2, 0.25) is 5.43 Å².